The molecule has 0 spiro atoms. The Hall–Kier alpha value is -3.35. The number of amides is 2. The normalized spacial score (nSPS) is 11.9. The van der Waals surface area contributed by atoms with E-state index in [0.717, 1.165) is 30.0 Å². The number of imidazole rings is 1. The van der Waals surface area contributed by atoms with Crippen LogP contribution >= 0.6 is 0 Å². The van der Waals surface area contributed by atoms with Crippen LogP contribution in [0.2, 0.25) is 0 Å². The number of benzene rings is 1. The van der Waals surface area contributed by atoms with Crippen LogP contribution < -0.4 is 15.4 Å². The van der Waals surface area contributed by atoms with E-state index in [0.29, 0.717) is 6.54 Å². The lowest BCUT2D eigenvalue weighted by Crippen LogP contribution is -2.40. The molecule has 158 valence electrons. The zero-order valence-electron chi connectivity index (χ0n) is 17.7. The van der Waals surface area contributed by atoms with Crippen molar-refractivity contribution in [3.05, 3.63) is 72.4 Å². The van der Waals surface area contributed by atoms with Gasteiger partial charge in [0.2, 0.25) is 0 Å². The largest absolute Gasteiger partial charge is 0.491 e. The average molecular weight is 408 g/mol. The van der Waals surface area contributed by atoms with Crippen molar-refractivity contribution in [2.45, 2.75) is 52.3 Å². The third-order valence-electron chi connectivity index (χ3n) is 4.57. The molecule has 1 aromatic carbocycles. The molecular formula is C23H29N5O2. The van der Waals surface area contributed by atoms with Crippen molar-refractivity contribution >= 4 is 6.03 Å². The summed E-state index contributed by atoms with van der Waals surface area (Å²) in [7, 11) is 0. The Labute approximate surface area is 177 Å². The number of aryl methyl sites for hydroxylation is 1. The highest BCUT2D eigenvalue weighted by Crippen LogP contribution is 2.15. The van der Waals surface area contributed by atoms with Gasteiger partial charge in [0.15, 0.2) is 0 Å². The minimum atomic E-state index is -0.179. The van der Waals surface area contributed by atoms with E-state index in [-0.39, 0.29) is 18.2 Å². The first-order valence-corrected chi connectivity index (χ1v) is 10.2. The highest BCUT2D eigenvalue weighted by molar-refractivity contribution is 5.74. The fourth-order valence-electron chi connectivity index (χ4n) is 2.99. The Bertz CT molecular complexity index is 906. The number of urea groups is 1. The van der Waals surface area contributed by atoms with Gasteiger partial charge in [-0.3, -0.25) is 4.57 Å². The number of carbonyl (C=O) groups excluding carboxylic acids is 1. The van der Waals surface area contributed by atoms with Crippen molar-refractivity contribution in [1.82, 2.24) is 25.2 Å². The Morgan fingerprint density at radius 3 is 2.50 bits per heavy atom. The van der Waals surface area contributed by atoms with E-state index >= 15 is 0 Å². The molecule has 2 N–H and O–H groups in total. The lowest BCUT2D eigenvalue weighted by molar-refractivity contribution is 0.237. The van der Waals surface area contributed by atoms with Crippen molar-refractivity contribution in [3.8, 4) is 11.6 Å². The standard InChI is InChI=1S/C23H29N5O2/c1-17(2)30-21-9-6-19(7-10-21)5-4-18(3)27-23(29)26-15-20-8-11-22(25-14-20)28-13-12-24-16-28/h6-14,16-18H,4-5,15H2,1-3H3,(H2,26,27,29). The molecule has 3 rings (SSSR count). The van der Waals surface area contributed by atoms with Gasteiger partial charge >= 0.3 is 6.03 Å². The van der Waals surface area contributed by atoms with Crippen LogP contribution in [0, 0.1) is 0 Å². The van der Waals surface area contributed by atoms with Gasteiger partial charge in [-0.25, -0.2) is 14.8 Å². The van der Waals surface area contributed by atoms with E-state index in [1.54, 1.807) is 18.7 Å². The Kier molecular flexibility index (Phi) is 7.43. The molecule has 0 saturated carbocycles. The van der Waals surface area contributed by atoms with E-state index in [1.165, 1.54) is 5.56 Å². The van der Waals surface area contributed by atoms with Crippen molar-refractivity contribution in [2.75, 3.05) is 0 Å². The summed E-state index contributed by atoms with van der Waals surface area (Å²) < 4.78 is 7.49. The minimum Gasteiger partial charge on any atom is -0.491 e. The van der Waals surface area contributed by atoms with Gasteiger partial charge in [-0.2, -0.15) is 0 Å². The molecule has 0 aliphatic rings. The molecule has 7 nitrogen and oxygen atoms in total. The first-order valence-electron chi connectivity index (χ1n) is 10.2. The van der Waals surface area contributed by atoms with E-state index in [4.69, 9.17) is 4.74 Å². The van der Waals surface area contributed by atoms with Crippen LogP contribution in [0.4, 0.5) is 4.79 Å². The first kappa shape index (κ1) is 21.4. The highest BCUT2D eigenvalue weighted by atomic mass is 16.5. The molecule has 7 heteroatoms. The molecule has 1 atom stereocenters. The maximum atomic E-state index is 12.2. The fraction of sp³-hybridized carbons (Fsp3) is 0.348. The topological polar surface area (TPSA) is 81.1 Å². The van der Waals surface area contributed by atoms with Crippen molar-refractivity contribution < 1.29 is 9.53 Å². The van der Waals surface area contributed by atoms with Gasteiger partial charge in [-0.15, -0.1) is 0 Å². The fourth-order valence-corrected chi connectivity index (χ4v) is 2.99. The zero-order valence-corrected chi connectivity index (χ0v) is 17.7. The molecule has 2 amide bonds. The van der Waals surface area contributed by atoms with Crippen LogP contribution in [-0.4, -0.2) is 32.7 Å². The van der Waals surface area contributed by atoms with Crippen LogP contribution in [0.15, 0.2) is 61.3 Å². The Balaban J connectivity index is 1.38. The minimum absolute atomic E-state index is 0.0679. The molecule has 3 aromatic rings. The smallest absolute Gasteiger partial charge is 0.315 e. The van der Waals surface area contributed by atoms with Crippen LogP contribution in [0.25, 0.3) is 5.82 Å². The number of hydrogen-bond acceptors (Lipinski definition) is 4. The van der Waals surface area contributed by atoms with E-state index in [9.17, 15) is 4.79 Å². The number of ether oxygens (including phenoxy) is 1. The predicted octanol–water partition coefficient (Wildman–Crippen LogP) is 3.88. The Morgan fingerprint density at radius 1 is 1.10 bits per heavy atom. The third-order valence-corrected chi connectivity index (χ3v) is 4.57. The van der Waals surface area contributed by atoms with Gasteiger partial charge in [-0.1, -0.05) is 18.2 Å². The summed E-state index contributed by atoms with van der Waals surface area (Å²) in [5.41, 5.74) is 2.16. The molecule has 2 heterocycles. The van der Waals surface area contributed by atoms with Crippen molar-refractivity contribution in [1.29, 1.82) is 0 Å². The second-order valence-electron chi connectivity index (χ2n) is 7.57. The van der Waals surface area contributed by atoms with E-state index in [2.05, 4.69) is 32.7 Å². The van der Waals surface area contributed by atoms with Crippen LogP contribution in [0.5, 0.6) is 5.75 Å². The van der Waals surface area contributed by atoms with Crippen LogP contribution in [0.1, 0.15) is 38.3 Å². The summed E-state index contributed by atoms with van der Waals surface area (Å²) in [6, 6.07) is 11.9. The average Bonchev–Trinajstić information content (AvgIpc) is 3.27. The summed E-state index contributed by atoms with van der Waals surface area (Å²) >= 11 is 0. The first-order chi connectivity index (χ1) is 14.5. The van der Waals surface area contributed by atoms with Gasteiger partial charge in [0, 0.05) is 31.2 Å². The molecule has 0 bridgehead atoms. The van der Waals surface area contributed by atoms with Gasteiger partial charge in [0.25, 0.3) is 0 Å². The summed E-state index contributed by atoms with van der Waals surface area (Å²) in [4.78, 5) is 20.6. The summed E-state index contributed by atoms with van der Waals surface area (Å²) in [6.07, 6.45) is 8.92. The molecule has 1 unspecified atom stereocenters. The molecular weight excluding hydrogens is 378 g/mol. The second-order valence-corrected chi connectivity index (χ2v) is 7.57. The summed E-state index contributed by atoms with van der Waals surface area (Å²) in [6.45, 7) is 6.46. The van der Waals surface area contributed by atoms with Gasteiger partial charge < -0.3 is 15.4 Å². The molecule has 0 radical (unpaired) electrons. The van der Waals surface area contributed by atoms with Gasteiger partial charge in [0.05, 0.1) is 6.10 Å². The lowest BCUT2D eigenvalue weighted by atomic mass is 10.1. The maximum absolute atomic E-state index is 12.2. The molecule has 2 aromatic heterocycles. The summed E-state index contributed by atoms with van der Waals surface area (Å²) in [5, 5.41) is 5.87. The SMILES string of the molecule is CC(CCc1ccc(OC(C)C)cc1)NC(=O)NCc1ccc(-n2ccnc2)nc1. The third kappa shape index (κ3) is 6.62. The predicted molar refractivity (Wildman–Crippen MR) is 117 cm³/mol. The molecule has 30 heavy (non-hydrogen) atoms. The quantitative estimate of drug-likeness (QED) is 0.564. The number of rotatable bonds is 9. The number of nitrogens with one attached hydrogen (secondary N) is 2. The van der Waals surface area contributed by atoms with Gasteiger partial charge in [0.1, 0.15) is 17.9 Å². The van der Waals surface area contributed by atoms with E-state index in [1.807, 2.05) is 55.8 Å². The van der Waals surface area contributed by atoms with Crippen LogP contribution in [-0.2, 0) is 13.0 Å². The van der Waals surface area contributed by atoms with Crippen LogP contribution in [0.3, 0.4) is 0 Å². The van der Waals surface area contributed by atoms with Crippen molar-refractivity contribution in [3.63, 3.8) is 0 Å². The maximum Gasteiger partial charge on any atom is 0.315 e. The lowest BCUT2D eigenvalue weighted by Gasteiger charge is -2.15. The monoisotopic (exact) mass is 407 g/mol. The zero-order chi connectivity index (χ0) is 21.3. The number of aromatic nitrogens is 3. The molecule has 0 aliphatic heterocycles. The molecule has 0 aliphatic carbocycles. The summed E-state index contributed by atoms with van der Waals surface area (Å²) in [5.74, 6) is 1.67. The van der Waals surface area contributed by atoms with E-state index < -0.39 is 0 Å². The molecule has 0 fully saturated rings. The number of hydrogen-bond donors (Lipinski definition) is 2. The Morgan fingerprint density at radius 2 is 1.87 bits per heavy atom. The number of nitrogens with zero attached hydrogens (tertiary/aromatic N) is 3. The van der Waals surface area contributed by atoms with Crippen molar-refractivity contribution in [2.24, 2.45) is 0 Å². The number of pyridine rings is 1. The highest BCUT2D eigenvalue weighted by Gasteiger charge is 2.08. The second kappa shape index (κ2) is 10.4. The molecule has 0 saturated heterocycles. The number of carbonyl (C=O) groups is 1. The van der Waals surface area contributed by atoms with Gasteiger partial charge in [-0.05, 0) is 62.9 Å².